The number of hydrogen-bond donors (Lipinski definition) is 1. The summed E-state index contributed by atoms with van der Waals surface area (Å²) in [5.74, 6) is 1.20. The molecule has 0 amide bonds. The Morgan fingerprint density at radius 2 is 1.92 bits per heavy atom. The molecule has 1 heterocycles. The molecular formula is C23H27NO. The van der Waals surface area contributed by atoms with Crippen LogP contribution in [0.5, 0.6) is 5.75 Å². The first kappa shape index (κ1) is 15.5. The number of piperidine rings is 1. The van der Waals surface area contributed by atoms with Crippen LogP contribution in [0.15, 0.2) is 48.5 Å². The molecular weight excluding hydrogens is 306 g/mol. The molecule has 130 valence electrons. The lowest BCUT2D eigenvalue weighted by Crippen LogP contribution is -2.60. The van der Waals surface area contributed by atoms with Crippen molar-refractivity contribution in [3.05, 3.63) is 65.2 Å². The van der Waals surface area contributed by atoms with Crippen molar-refractivity contribution in [3.63, 3.8) is 0 Å². The third-order valence-electron chi connectivity index (χ3n) is 7.16. The highest BCUT2D eigenvalue weighted by molar-refractivity contribution is 5.45. The fourth-order valence-electron chi connectivity index (χ4n) is 6.09. The Morgan fingerprint density at radius 3 is 2.80 bits per heavy atom. The van der Waals surface area contributed by atoms with E-state index in [1.807, 2.05) is 6.07 Å². The lowest BCUT2D eigenvalue weighted by molar-refractivity contribution is -0.0157. The predicted molar refractivity (Wildman–Crippen MR) is 101 cm³/mol. The Hall–Kier alpha value is -1.80. The second kappa shape index (κ2) is 5.88. The molecule has 2 fully saturated rings. The first-order valence-corrected chi connectivity index (χ1v) is 9.87. The third-order valence-corrected chi connectivity index (χ3v) is 7.16. The molecule has 3 aliphatic rings. The zero-order valence-corrected chi connectivity index (χ0v) is 14.8. The van der Waals surface area contributed by atoms with E-state index in [1.165, 1.54) is 55.3 Å². The summed E-state index contributed by atoms with van der Waals surface area (Å²) in [5.41, 5.74) is 4.72. The number of rotatable bonds is 2. The maximum atomic E-state index is 10.1. The van der Waals surface area contributed by atoms with Gasteiger partial charge in [0, 0.05) is 18.0 Å². The van der Waals surface area contributed by atoms with Crippen LogP contribution in [0.2, 0.25) is 0 Å². The predicted octanol–water partition coefficient (Wildman–Crippen LogP) is 4.65. The largest absolute Gasteiger partial charge is 0.508 e. The van der Waals surface area contributed by atoms with Gasteiger partial charge in [-0.15, -0.1) is 0 Å². The molecule has 1 saturated carbocycles. The van der Waals surface area contributed by atoms with Crippen LogP contribution in [-0.2, 0) is 18.4 Å². The van der Waals surface area contributed by atoms with Crippen molar-refractivity contribution in [1.29, 1.82) is 0 Å². The van der Waals surface area contributed by atoms with Crippen LogP contribution in [0.1, 0.15) is 48.8 Å². The van der Waals surface area contributed by atoms with Gasteiger partial charge < -0.3 is 5.11 Å². The number of phenols is 1. The topological polar surface area (TPSA) is 23.5 Å². The number of phenolic OH excluding ortho intramolecular Hbond substituents is 1. The molecule has 2 unspecified atom stereocenters. The molecule has 2 aliphatic carbocycles. The first-order valence-electron chi connectivity index (χ1n) is 9.87. The molecule has 0 spiro atoms. The molecule has 3 atom stereocenters. The van der Waals surface area contributed by atoms with Gasteiger partial charge in [0.15, 0.2) is 0 Å². The molecule has 25 heavy (non-hydrogen) atoms. The van der Waals surface area contributed by atoms with E-state index >= 15 is 0 Å². The van der Waals surface area contributed by atoms with Crippen molar-refractivity contribution in [2.45, 2.75) is 56.5 Å². The SMILES string of the molecule is Oc1ccc2c(c1)[C@@]13CCCCC1C(C2)N(Cc1ccccc1)CC3. The van der Waals surface area contributed by atoms with Gasteiger partial charge in [-0.25, -0.2) is 0 Å². The maximum absolute atomic E-state index is 10.1. The molecule has 2 aromatic rings. The third kappa shape index (κ3) is 2.42. The molecule has 2 bridgehead atoms. The van der Waals surface area contributed by atoms with Crippen molar-refractivity contribution < 1.29 is 5.11 Å². The van der Waals surface area contributed by atoms with Gasteiger partial charge in [0.25, 0.3) is 0 Å². The second-order valence-corrected chi connectivity index (χ2v) is 8.33. The fraction of sp³-hybridized carbons (Fsp3) is 0.478. The van der Waals surface area contributed by atoms with Gasteiger partial charge in [0.2, 0.25) is 0 Å². The minimum absolute atomic E-state index is 0.322. The second-order valence-electron chi connectivity index (χ2n) is 8.33. The van der Waals surface area contributed by atoms with Crippen molar-refractivity contribution >= 4 is 0 Å². The summed E-state index contributed by atoms with van der Waals surface area (Å²) in [6, 6.07) is 17.8. The number of aromatic hydroxyl groups is 1. The van der Waals surface area contributed by atoms with Crippen LogP contribution in [0.4, 0.5) is 0 Å². The van der Waals surface area contributed by atoms with Gasteiger partial charge in [-0.05, 0) is 67.0 Å². The molecule has 2 heteroatoms. The average Bonchev–Trinajstić information content (AvgIpc) is 2.65. The summed E-state index contributed by atoms with van der Waals surface area (Å²) >= 11 is 0. The van der Waals surface area contributed by atoms with E-state index in [-0.39, 0.29) is 0 Å². The lowest BCUT2D eigenvalue weighted by atomic mass is 9.52. The highest BCUT2D eigenvalue weighted by atomic mass is 16.3. The van der Waals surface area contributed by atoms with E-state index in [9.17, 15) is 5.11 Å². The monoisotopic (exact) mass is 333 g/mol. The van der Waals surface area contributed by atoms with Gasteiger partial charge in [0.05, 0.1) is 0 Å². The summed E-state index contributed by atoms with van der Waals surface area (Å²) in [6.45, 7) is 2.26. The zero-order valence-electron chi connectivity index (χ0n) is 14.8. The number of benzene rings is 2. The highest BCUT2D eigenvalue weighted by Gasteiger charge is 2.53. The van der Waals surface area contributed by atoms with Crippen LogP contribution in [0.25, 0.3) is 0 Å². The van der Waals surface area contributed by atoms with Crippen LogP contribution in [0.3, 0.4) is 0 Å². The minimum atomic E-state index is 0.322. The smallest absolute Gasteiger partial charge is 0.115 e. The van der Waals surface area contributed by atoms with E-state index in [4.69, 9.17) is 0 Å². The van der Waals surface area contributed by atoms with E-state index < -0.39 is 0 Å². The standard InChI is InChI=1S/C23H27NO/c25-19-10-9-18-14-22-20-8-4-5-11-23(20,21(18)15-19)12-13-24(22)16-17-6-2-1-3-7-17/h1-3,6-7,9-10,15,20,22,25H,4-5,8,11-14,16H2/t20?,22?,23-/m1/s1. The summed E-state index contributed by atoms with van der Waals surface area (Å²) in [4.78, 5) is 2.75. The minimum Gasteiger partial charge on any atom is -0.508 e. The Labute approximate surface area is 150 Å². The first-order chi connectivity index (χ1) is 12.3. The van der Waals surface area contributed by atoms with E-state index in [0.29, 0.717) is 17.2 Å². The molecule has 1 saturated heterocycles. The van der Waals surface area contributed by atoms with Gasteiger partial charge >= 0.3 is 0 Å². The quantitative estimate of drug-likeness (QED) is 0.864. The summed E-state index contributed by atoms with van der Waals surface area (Å²) < 4.78 is 0. The molecule has 2 nitrogen and oxygen atoms in total. The molecule has 0 aromatic heterocycles. The van der Waals surface area contributed by atoms with Gasteiger partial charge in [0.1, 0.15) is 5.75 Å². The normalized spacial score (nSPS) is 31.2. The van der Waals surface area contributed by atoms with Gasteiger partial charge in [-0.1, -0.05) is 49.2 Å². The van der Waals surface area contributed by atoms with Gasteiger partial charge in [-0.3, -0.25) is 4.90 Å². The number of hydrogen-bond acceptors (Lipinski definition) is 2. The molecule has 1 N–H and O–H groups in total. The molecule has 2 aromatic carbocycles. The fourth-order valence-corrected chi connectivity index (χ4v) is 6.09. The Balaban J connectivity index is 1.54. The Bertz CT molecular complexity index is 771. The Kier molecular flexibility index (Phi) is 3.63. The Morgan fingerprint density at radius 1 is 1.04 bits per heavy atom. The molecule has 5 rings (SSSR count). The van der Waals surface area contributed by atoms with Crippen molar-refractivity contribution in [2.75, 3.05) is 6.54 Å². The van der Waals surface area contributed by atoms with E-state index in [1.54, 1.807) is 0 Å². The molecule has 0 radical (unpaired) electrons. The summed E-state index contributed by atoms with van der Waals surface area (Å²) in [6.07, 6.45) is 7.77. The van der Waals surface area contributed by atoms with Crippen molar-refractivity contribution in [2.24, 2.45) is 5.92 Å². The van der Waals surface area contributed by atoms with Crippen LogP contribution in [-0.4, -0.2) is 22.6 Å². The molecule has 1 aliphatic heterocycles. The number of nitrogens with zero attached hydrogens (tertiary/aromatic N) is 1. The van der Waals surface area contributed by atoms with Gasteiger partial charge in [-0.2, -0.15) is 0 Å². The van der Waals surface area contributed by atoms with E-state index in [0.717, 1.165) is 18.9 Å². The number of likely N-dealkylation sites (tertiary alicyclic amines) is 1. The highest BCUT2D eigenvalue weighted by Crippen LogP contribution is 2.56. The summed E-state index contributed by atoms with van der Waals surface area (Å²) in [5, 5.41) is 10.1. The zero-order chi connectivity index (χ0) is 16.9. The summed E-state index contributed by atoms with van der Waals surface area (Å²) in [7, 11) is 0. The van der Waals surface area contributed by atoms with Crippen molar-refractivity contribution in [3.8, 4) is 5.75 Å². The maximum Gasteiger partial charge on any atom is 0.115 e. The number of fused-ring (bicyclic) bond motifs is 1. The lowest BCUT2D eigenvalue weighted by Gasteiger charge is -2.59. The van der Waals surface area contributed by atoms with Crippen LogP contribution < -0.4 is 0 Å². The van der Waals surface area contributed by atoms with Crippen molar-refractivity contribution in [1.82, 2.24) is 4.90 Å². The van der Waals surface area contributed by atoms with E-state index in [2.05, 4.69) is 47.4 Å². The average molecular weight is 333 g/mol. The van der Waals surface area contributed by atoms with Crippen LogP contribution in [0, 0.1) is 5.92 Å². The van der Waals surface area contributed by atoms with Crippen LogP contribution >= 0.6 is 0 Å².